The summed E-state index contributed by atoms with van der Waals surface area (Å²) in [6.45, 7) is 10.3. The Hall–Kier alpha value is -3.84. The zero-order valence-corrected chi connectivity index (χ0v) is 29.1. The van der Waals surface area contributed by atoms with E-state index in [-0.39, 0.29) is 24.8 Å². The second-order valence-electron chi connectivity index (χ2n) is 13.2. The minimum Gasteiger partial charge on any atom is -0.457 e. The van der Waals surface area contributed by atoms with Gasteiger partial charge in [-0.15, -0.1) is 0 Å². The van der Waals surface area contributed by atoms with Crippen molar-refractivity contribution in [3.8, 4) is 0 Å². The summed E-state index contributed by atoms with van der Waals surface area (Å²) in [5.74, 6) is -1.95. The van der Waals surface area contributed by atoms with E-state index in [2.05, 4.69) is 10.3 Å². The molecule has 2 saturated heterocycles. The van der Waals surface area contributed by atoms with Crippen LogP contribution in [0.1, 0.15) is 53.7 Å². The van der Waals surface area contributed by atoms with Gasteiger partial charge in [-0.25, -0.2) is 9.78 Å². The number of cyclic esters (lactones) is 1. The van der Waals surface area contributed by atoms with Gasteiger partial charge in [-0.1, -0.05) is 68.5 Å². The van der Waals surface area contributed by atoms with E-state index in [4.69, 9.17) is 13.9 Å². The second-order valence-corrected chi connectivity index (χ2v) is 13.2. The molecule has 0 saturated carbocycles. The van der Waals surface area contributed by atoms with Crippen molar-refractivity contribution in [3.05, 3.63) is 78.6 Å². The molecule has 264 valence electrons. The van der Waals surface area contributed by atoms with Crippen molar-refractivity contribution in [1.82, 2.24) is 15.2 Å². The number of oxazole rings is 1. The van der Waals surface area contributed by atoms with E-state index in [9.17, 15) is 29.7 Å². The van der Waals surface area contributed by atoms with Gasteiger partial charge in [-0.05, 0) is 45.6 Å². The van der Waals surface area contributed by atoms with Crippen LogP contribution < -0.4 is 5.32 Å². The van der Waals surface area contributed by atoms with Crippen LogP contribution in [0.15, 0.2) is 77.3 Å². The van der Waals surface area contributed by atoms with E-state index in [1.807, 2.05) is 18.2 Å². The Bertz CT molecular complexity index is 1430. The van der Waals surface area contributed by atoms with Gasteiger partial charge in [0.15, 0.2) is 6.39 Å². The summed E-state index contributed by atoms with van der Waals surface area (Å²) < 4.78 is 16.0. The molecule has 1 aromatic heterocycles. The molecule has 2 aliphatic rings. The largest absolute Gasteiger partial charge is 0.457 e. The fraction of sp³-hybridized carbons (Fsp3) is 0.556. The number of nitrogens with zero attached hydrogens (tertiary/aromatic N) is 2. The van der Waals surface area contributed by atoms with Crippen LogP contribution in [0.2, 0.25) is 0 Å². The van der Waals surface area contributed by atoms with E-state index >= 15 is 0 Å². The number of hydrogen-bond donors (Lipinski definition) is 4. The lowest BCUT2D eigenvalue weighted by Crippen LogP contribution is -2.80. The summed E-state index contributed by atoms with van der Waals surface area (Å²) in [6.07, 6.45) is 16.0. The number of aliphatic hydroxyl groups is 3. The summed E-state index contributed by atoms with van der Waals surface area (Å²) in [7, 11) is 2.89. The molecule has 2 fully saturated rings. The highest BCUT2D eigenvalue weighted by Crippen LogP contribution is 2.54. The van der Waals surface area contributed by atoms with Gasteiger partial charge in [-0.2, -0.15) is 0 Å². The number of aliphatic hydroxyl groups excluding tert-OH is 2. The molecule has 0 bridgehead atoms. The quantitative estimate of drug-likeness (QED) is 0.152. The topological polar surface area (TPSA) is 172 Å². The van der Waals surface area contributed by atoms with Crippen molar-refractivity contribution in [3.63, 3.8) is 0 Å². The number of nitrogens with one attached hydrogen (secondary N) is 1. The molecule has 0 aliphatic carbocycles. The van der Waals surface area contributed by atoms with E-state index in [1.54, 1.807) is 84.2 Å². The summed E-state index contributed by atoms with van der Waals surface area (Å²) in [5.41, 5.74) is -3.87. The van der Waals surface area contributed by atoms with Crippen LogP contribution in [0, 0.1) is 17.3 Å². The highest BCUT2D eigenvalue weighted by atomic mass is 16.6. The maximum Gasteiger partial charge on any atom is 0.339 e. The number of esters is 1. The van der Waals surface area contributed by atoms with Gasteiger partial charge >= 0.3 is 5.97 Å². The summed E-state index contributed by atoms with van der Waals surface area (Å²) in [5, 5.41) is 36.5. The van der Waals surface area contributed by atoms with E-state index in [0.29, 0.717) is 12.0 Å². The molecule has 8 atom stereocenters. The molecule has 3 rings (SSSR count). The average Bonchev–Trinajstić information content (AvgIpc) is 3.63. The molecule has 2 amide bonds. The molecule has 1 spiro atoms. The number of likely N-dealkylation sites (tertiary alicyclic amines) is 1. The molecule has 2 aliphatic heterocycles. The van der Waals surface area contributed by atoms with Gasteiger partial charge in [-0.3, -0.25) is 9.59 Å². The smallest absolute Gasteiger partial charge is 0.339 e. The Balaban J connectivity index is 1.50. The Morgan fingerprint density at radius 2 is 1.85 bits per heavy atom. The van der Waals surface area contributed by atoms with Crippen LogP contribution >= 0.6 is 0 Å². The second kappa shape index (κ2) is 16.0. The molecule has 3 heterocycles. The lowest BCUT2D eigenvalue weighted by atomic mass is 9.65. The fourth-order valence-corrected chi connectivity index (χ4v) is 6.61. The summed E-state index contributed by atoms with van der Waals surface area (Å²) in [6, 6.07) is 0. The molecule has 4 unspecified atom stereocenters. The number of hydrogen-bond acceptors (Lipinski definition) is 10. The number of rotatable bonds is 16. The molecule has 48 heavy (non-hydrogen) atoms. The minimum atomic E-state index is -1.86. The predicted molar refractivity (Wildman–Crippen MR) is 179 cm³/mol. The van der Waals surface area contributed by atoms with Gasteiger partial charge in [0.25, 0.3) is 0 Å². The predicted octanol–water partition coefficient (Wildman–Crippen LogP) is 2.82. The van der Waals surface area contributed by atoms with Crippen molar-refractivity contribution >= 4 is 17.8 Å². The standard InChI is InChI=1S/C36H51N3O9/c1-23(16-12-9-10-13-17-27-21-37-22-47-27)30(41)34(5,6)32(43)38-19-15-11-14-18-28(40)24(2)20-29(46-8)36(45)25(3)31(42)39(7)35(36)26(4)48-33(35)44/h9-16,18,21-22,24-26,28-30,40-41,45H,17,19-20H2,1-8H3,(H,38,43)/b12-9+,13-10+,15-11+,18-14+,23-16-/t24?,25-,26+,28?,29?,30?,35+,36+/m0/s1. The number of aromatic nitrogens is 1. The van der Waals surface area contributed by atoms with Crippen LogP contribution in [0.4, 0.5) is 0 Å². The van der Waals surface area contributed by atoms with Crippen molar-refractivity contribution < 1.29 is 43.6 Å². The Morgan fingerprint density at radius 1 is 1.17 bits per heavy atom. The van der Waals surface area contributed by atoms with E-state index in [1.165, 1.54) is 25.5 Å². The Labute approximate surface area is 282 Å². The fourth-order valence-electron chi connectivity index (χ4n) is 6.61. The number of likely N-dealkylation sites (N-methyl/N-ethyl adjacent to an activating group) is 1. The third-order valence-electron chi connectivity index (χ3n) is 9.78. The first-order valence-electron chi connectivity index (χ1n) is 16.2. The Kier molecular flexibility index (Phi) is 12.9. The van der Waals surface area contributed by atoms with E-state index < -0.39 is 58.8 Å². The number of carbonyl (C=O) groups is 3. The van der Waals surface area contributed by atoms with Gasteiger partial charge in [0.2, 0.25) is 17.4 Å². The summed E-state index contributed by atoms with van der Waals surface area (Å²) >= 11 is 0. The molecular formula is C36H51N3O9. The number of allylic oxidation sites excluding steroid dienone is 7. The molecule has 1 aromatic rings. The van der Waals surface area contributed by atoms with E-state index in [0.717, 1.165) is 5.76 Å². The molecular weight excluding hydrogens is 618 g/mol. The molecule has 12 nitrogen and oxygen atoms in total. The number of carbonyl (C=O) groups excluding carboxylic acids is 3. The summed E-state index contributed by atoms with van der Waals surface area (Å²) in [4.78, 5) is 43.7. The number of amides is 2. The van der Waals surface area contributed by atoms with Crippen molar-refractivity contribution in [1.29, 1.82) is 0 Å². The molecule has 0 radical (unpaired) electrons. The lowest BCUT2D eigenvalue weighted by molar-refractivity contribution is -0.255. The van der Waals surface area contributed by atoms with Crippen LogP contribution in [0.3, 0.4) is 0 Å². The first kappa shape index (κ1) is 38.6. The van der Waals surface area contributed by atoms with Crippen LogP contribution in [-0.4, -0.2) is 99.2 Å². The lowest BCUT2D eigenvalue weighted by Gasteiger charge is -2.55. The molecule has 12 heteroatoms. The van der Waals surface area contributed by atoms with Crippen LogP contribution in [-0.2, 0) is 30.3 Å². The maximum absolute atomic E-state index is 12.9. The minimum absolute atomic E-state index is 0.160. The van der Waals surface area contributed by atoms with Crippen LogP contribution in [0.25, 0.3) is 0 Å². The third-order valence-corrected chi connectivity index (χ3v) is 9.78. The monoisotopic (exact) mass is 669 g/mol. The highest BCUT2D eigenvalue weighted by molar-refractivity contribution is 5.99. The molecule has 0 aromatic carbocycles. The first-order valence-corrected chi connectivity index (χ1v) is 16.2. The average molecular weight is 670 g/mol. The number of methoxy groups -OCH3 is 1. The van der Waals surface area contributed by atoms with Crippen molar-refractivity contribution in [2.45, 2.75) is 89.9 Å². The molecule has 4 N–H and O–H groups in total. The van der Waals surface area contributed by atoms with Gasteiger partial charge in [0.1, 0.15) is 17.5 Å². The Morgan fingerprint density at radius 3 is 2.46 bits per heavy atom. The first-order chi connectivity index (χ1) is 22.6. The van der Waals surface area contributed by atoms with Crippen molar-refractivity contribution in [2.75, 3.05) is 20.7 Å². The normalized spacial score (nSPS) is 27.7. The van der Waals surface area contributed by atoms with Crippen molar-refractivity contribution in [2.24, 2.45) is 17.3 Å². The zero-order valence-electron chi connectivity index (χ0n) is 29.1. The number of ether oxygens (including phenoxy) is 2. The van der Waals surface area contributed by atoms with Gasteiger partial charge in [0.05, 0.1) is 35.8 Å². The van der Waals surface area contributed by atoms with Crippen LogP contribution in [0.5, 0.6) is 0 Å². The van der Waals surface area contributed by atoms with Gasteiger partial charge in [0, 0.05) is 27.1 Å². The highest BCUT2D eigenvalue weighted by Gasteiger charge is 2.80. The zero-order chi connectivity index (χ0) is 35.9. The maximum atomic E-state index is 12.9. The SMILES string of the molecule is COC(CC(C)C(O)/C=C/C=C/CNC(=O)C(C)(C)C(O)\C(C)=C/C=C/C=C/Cc1cnco1)[C@]1(O)[C@@H](C)C(=O)N(C)[C@]12C(=O)O[C@@H]2C. The van der Waals surface area contributed by atoms with Gasteiger partial charge < -0.3 is 39.4 Å². The third kappa shape index (κ3) is 7.41.